The SMILES string of the molecule is CC(C)Cc1ccc(-c2nc3c(s2)CNCC3)cc1. The van der Waals surface area contributed by atoms with Gasteiger partial charge in [-0.05, 0) is 17.9 Å². The van der Waals surface area contributed by atoms with E-state index in [1.54, 1.807) is 0 Å². The number of nitrogens with one attached hydrogen (secondary N) is 1. The number of rotatable bonds is 3. The fraction of sp³-hybridized carbons (Fsp3) is 0.438. The van der Waals surface area contributed by atoms with Gasteiger partial charge in [0.1, 0.15) is 5.01 Å². The smallest absolute Gasteiger partial charge is 0.123 e. The molecule has 2 nitrogen and oxygen atoms in total. The monoisotopic (exact) mass is 272 g/mol. The van der Waals surface area contributed by atoms with Gasteiger partial charge in [0, 0.05) is 30.0 Å². The van der Waals surface area contributed by atoms with Crippen LogP contribution in [0, 0.1) is 5.92 Å². The third-order valence-corrected chi connectivity index (χ3v) is 4.59. The average molecular weight is 272 g/mol. The van der Waals surface area contributed by atoms with E-state index in [4.69, 9.17) is 4.98 Å². The highest BCUT2D eigenvalue weighted by atomic mass is 32.1. The molecule has 0 radical (unpaired) electrons. The second-order valence-electron chi connectivity index (χ2n) is 5.61. The van der Waals surface area contributed by atoms with E-state index < -0.39 is 0 Å². The Morgan fingerprint density at radius 2 is 2.05 bits per heavy atom. The van der Waals surface area contributed by atoms with Gasteiger partial charge in [0.05, 0.1) is 5.69 Å². The molecule has 3 rings (SSSR count). The van der Waals surface area contributed by atoms with E-state index in [1.807, 2.05) is 11.3 Å². The normalized spacial score (nSPS) is 14.7. The summed E-state index contributed by atoms with van der Waals surface area (Å²) in [6.07, 6.45) is 2.22. The fourth-order valence-electron chi connectivity index (χ4n) is 2.50. The Bertz CT molecular complexity index is 531. The number of aromatic nitrogens is 1. The molecule has 0 saturated heterocycles. The van der Waals surface area contributed by atoms with Crippen LogP contribution in [-0.4, -0.2) is 11.5 Å². The van der Waals surface area contributed by atoms with E-state index in [0.717, 1.165) is 25.9 Å². The Morgan fingerprint density at radius 1 is 1.26 bits per heavy atom. The van der Waals surface area contributed by atoms with Crippen LogP contribution in [0.15, 0.2) is 24.3 Å². The van der Waals surface area contributed by atoms with Gasteiger partial charge in [0.2, 0.25) is 0 Å². The summed E-state index contributed by atoms with van der Waals surface area (Å²) in [5.74, 6) is 0.712. The Hall–Kier alpha value is -1.19. The number of fused-ring (bicyclic) bond motifs is 1. The molecule has 0 amide bonds. The summed E-state index contributed by atoms with van der Waals surface area (Å²) in [4.78, 5) is 6.20. The van der Waals surface area contributed by atoms with Crippen LogP contribution < -0.4 is 5.32 Å². The second kappa shape index (κ2) is 5.43. The van der Waals surface area contributed by atoms with Gasteiger partial charge in [-0.3, -0.25) is 0 Å². The molecule has 100 valence electrons. The molecule has 0 saturated carbocycles. The number of nitrogens with zero attached hydrogens (tertiary/aromatic N) is 1. The zero-order valence-electron chi connectivity index (χ0n) is 11.6. The summed E-state index contributed by atoms with van der Waals surface area (Å²) < 4.78 is 0. The van der Waals surface area contributed by atoms with Crippen LogP contribution in [0.3, 0.4) is 0 Å². The summed E-state index contributed by atoms with van der Waals surface area (Å²) in [6, 6.07) is 8.92. The molecule has 1 aromatic carbocycles. The molecule has 1 aliphatic heterocycles. The predicted octanol–water partition coefficient (Wildman–Crippen LogP) is 3.65. The maximum Gasteiger partial charge on any atom is 0.123 e. The molecule has 1 N–H and O–H groups in total. The first-order valence-electron chi connectivity index (χ1n) is 7.01. The topological polar surface area (TPSA) is 24.9 Å². The molecule has 0 bridgehead atoms. The molecule has 3 heteroatoms. The number of hydrogen-bond acceptors (Lipinski definition) is 3. The molecule has 1 aliphatic rings. The van der Waals surface area contributed by atoms with Gasteiger partial charge in [-0.1, -0.05) is 38.1 Å². The van der Waals surface area contributed by atoms with Crippen LogP contribution in [0.4, 0.5) is 0 Å². The first-order chi connectivity index (χ1) is 9.22. The van der Waals surface area contributed by atoms with Crippen molar-refractivity contribution < 1.29 is 0 Å². The molecule has 0 aliphatic carbocycles. The molecule has 19 heavy (non-hydrogen) atoms. The van der Waals surface area contributed by atoms with E-state index in [0.29, 0.717) is 5.92 Å². The molecule has 0 fully saturated rings. The number of thiazole rings is 1. The molecular weight excluding hydrogens is 252 g/mol. The lowest BCUT2D eigenvalue weighted by molar-refractivity contribution is 0.644. The average Bonchev–Trinajstić information content (AvgIpc) is 2.82. The minimum absolute atomic E-state index is 0.712. The van der Waals surface area contributed by atoms with Gasteiger partial charge in [-0.25, -0.2) is 4.98 Å². The van der Waals surface area contributed by atoms with Crippen LogP contribution >= 0.6 is 11.3 Å². The van der Waals surface area contributed by atoms with Gasteiger partial charge >= 0.3 is 0 Å². The first-order valence-corrected chi connectivity index (χ1v) is 7.82. The van der Waals surface area contributed by atoms with Crippen LogP contribution in [0.2, 0.25) is 0 Å². The van der Waals surface area contributed by atoms with Crippen molar-refractivity contribution in [2.75, 3.05) is 6.54 Å². The van der Waals surface area contributed by atoms with Gasteiger partial charge in [0.25, 0.3) is 0 Å². The second-order valence-corrected chi connectivity index (χ2v) is 6.69. The summed E-state index contributed by atoms with van der Waals surface area (Å²) >= 11 is 1.83. The Kier molecular flexibility index (Phi) is 3.67. The fourth-order valence-corrected chi connectivity index (χ4v) is 3.59. The van der Waals surface area contributed by atoms with Crippen molar-refractivity contribution in [1.82, 2.24) is 10.3 Å². The zero-order chi connectivity index (χ0) is 13.2. The van der Waals surface area contributed by atoms with Crippen LogP contribution in [0.1, 0.15) is 30.0 Å². The largest absolute Gasteiger partial charge is 0.311 e. The molecule has 0 spiro atoms. The van der Waals surface area contributed by atoms with Gasteiger partial charge in [0.15, 0.2) is 0 Å². The molecule has 1 aromatic heterocycles. The van der Waals surface area contributed by atoms with Gasteiger partial charge in [-0.15, -0.1) is 11.3 Å². The maximum absolute atomic E-state index is 4.79. The lowest BCUT2D eigenvalue weighted by Crippen LogP contribution is -2.22. The summed E-state index contributed by atoms with van der Waals surface area (Å²) in [7, 11) is 0. The van der Waals surface area contributed by atoms with Gasteiger partial charge < -0.3 is 5.32 Å². The van der Waals surface area contributed by atoms with Crippen molar-refractivity contribution >= 4 is 11.3 Å². The highest BCUT2D eigenvalue weighted by Gasteiger charge is 2.15. The van der Waals surface area contributed by atoms with E-state index in [9.17, 15) is 0 Å². The summed E-state index contributed by atoms with van der Waals surface area (Å²) in [5, 5.41) is 4.58. The van der Waals surface area contributed by atoms with Crippen molar-refractivity contribution in [2.45, 2.75) is 33.2 Å². The molecule has 2 heterocycles. The standard InChI is InChI=1S/C16H20N2S/c1-11(2)9-12-3-5-13(6-4-12)16-18-14-7-8-17-10-15(14)19-16/h3-6,11,17H,7-10H2,1-2H3. The maximum atomic E-state index is 4.79. The van der Waals surface area contributed by atoms with Gasteiger partial charge in [-0.2, -0.15) is 0 Å². The minimum Gasteiger partial charge on any atom is -0.311 e. The lowest BCUT2D eigenvalue weighted by Gasteiger charge is -2.09. The Morgan fingerprint density at radius 3 is 2.74 bits per heavy atom. The third kappa shape index (κ3) is 2.88. The minimum atomic E-state index is 0.712. The summed E-state index contributed by atoms with van der Waals surface area (Å²) in [5.41, 5.74) is 3.97. The number of benzene rings is 1. The van der Waals surface area contributed by atoms with Crippen molar-refractivity contribution in [2.24, 2.45) is 5.92 Å². The Labute approximate surface area is 118 Å². The predicted molar refractivity (Wildman–Crippen MR) is 81.5 cm³/mol. The quantitative estimate of drug-likeness (QED) is 0.922. The van der Waals surface area contributed by atoms with Crippen molar-refractivity contribution in [3.8, 4) is 10.6 Å². The molecule has 2 aromatic rings. The third-order valence-electron chi connectivity index (χ3n) is 3.45. The molecule has 0 atom stereocenters. The van der Waals surface area contributed by atoms with E-state index >= 15 is 0 Å². The van der Waals surface area contributed by atoms with E-state index in [1.165, 1.54) is 26.7 Å². The zero-order valence-corrected chi connectivity index (χ0v) is 12.4. The highest BCUT2D eigenvalue weighted by Crippen LogP contribution is 2.30. The van der Waals surface area contributed by atoms with Crippen LogP contribution in [0.5, 0.6) is 0 Å². The highest BCUT2D eigenvalue weighted by molar-refractivity contribution is 7.15. The first kappa shape index (κ1) is 12.8. The van der Waals surface area contributed by atoms with Crippen LogP contribution in [0.25, 0.3) is 10.6 Å². The Balaban J connectivity index is 1.83. The van der Waals surface area contributed by atoms with Crippen LogP contribution in [-0.2, 0) is 19.4 Å². The van der Waals surface area contributed by atoms with Crippen molar-refractivity contribution in [3.05, 3.63) is 40.4 Å². The summed E-state index contributed by atoms with van der Waals surface area (Å²) in [6.45, 7) is 6.56. The number of hydrogen-bond donors (Lipinski definition) is 1. The van der Waals surface area contributed by atoms with Crippen molar-refractivity contribution in [1.29, 1.82) is 0 Å². The van der Waals surface area contributed by atoms with E-state index in [-0.39, 0.29) is 0 Å². The molecule has 0 unspecified atom stereocenters. The van der Waals surface area contributed by atoms with Crippen molar-refractivity contribution in [3.63, 3.8) is 0 Å². The van der Waals surface area contributed by atoms with E-state index in [2.05, 4.69) is 43.4 Å². The lowest BCUT2D eigenvalue weighted by atomic mass is 10.0. The molecular formula is C16H20N2S.